The smallest absolute Gasteiger partial charge is 0.310 e. The maximum absolute atomic E-state index is 11.4. The molecule has 3 unspecified atom stereocenters. The zero-order valence-corrected chi connectivity index (χ0v) is 16.9. The zero-order valence-electron chi connectivity index (χ0n) is 14.5. The molecule has 1 saturated heterocycles. The number of carbonyl (C=O) groups excluding carboxylic acids is 1. The van der Waals surface area contributed by atoms with E-state index in [-0.39, 0.29) is 35.9 Å². The van der Waals surface area contributed by atoms with Gasteiger partial charge in [0.2, 0.25) is 0 Å². The van der Waals surface area contributed by atoms with Crippen molar-refractivity contribution < 1.29 is 9.53 Å². The first-order valence-corrected chi connectivity index (χ1v) is 7.68. The molecule has 1 fully saturated rings. The Kier molecular flexibility index (Phi) is 9.99. The van der Waals surface area contributed by atoms with Gasteiger partial charge in [-0.25, -0.2) is 0 Å². The summed E-state index contributed by atoms with van der Waals surface area (Å²) in [6, 6.07) is 0.945. The SMILES string of the molecule is CN=C(NCC(C)C(=O)OC)NC1CN(C(C)C)CC1C.I. The third kappa shape index (κ3) is 6.28. The van der Waals surface area contributed by atoms with Gasteiger partial charge >= 0.3 is 5.97 Å². The fourth-order valence-corrected chi connectivity index (χ4v) is 2.52. The summed E-state index contributed by atoms with van der Waals surface area (Å²) in [5, 5.41) is 6.65. The molecule has 0 aromatic rings. The maximum Gasteiger partial charge on any atom is 0.310 e. The summed E-state index contributed by atoms with van der Waals surface area (Å²) >= 11 is 0. The van der Waals surface area contributed by atoms with Crippen molar-refractivity contribution in [2.75, 3.05) is 33.8 Å². The molecule has 6 nitrogen and oxygen atoms in total. The lowest BCUT2D eigenvalue weighted by molar-refractivity contribution is -0.144. The topological polar surface area (TPSA) is 66.0 Å². The highest BCUT2D eigenvalue weighted by Gasteiger charge is 2.31. The molecule has 7 heteroatoms. The van der Waals surface area contributed by atoms with E-state index in [4.69, 9.17) is 4.74 Å². The Balaban J connectivity index is 0.00000441. The Labute approximate surface area is 151 Å². The number of hydrogen-bond donors (Lipinski definition) is 2. The zero-order chi connectivity index (χ0) is 16.0. The summed E-state index contributed by atoms with van der Waals surface area (Å²) in [5.41, 5.74) is 0. The van der Waals surface area contributed by atoms with E-state index in [1.54, 1.807) is 7.05 Å². The molecule has 1 aliphatic rings. The molecule has 1 heterocycles. The number of esters is 1. The number of guanidine groups is 1. The summed E-state index contributed by atoms with van der Waals surface area (Å²) in [5.74, 6) is 0.914. The molecule has 0 amide bonds. The summed E-state index contributed by atoms with van der Waals surface area (Å²) in [6.07, 6.45) is 0. The third-order valence-electron chi connectivity index (χ3n) is 4.10. The number of methoxy groups -OCH3 is 1. The van der Waals surface area contributed by atoms with Crippen molar-refractivity contribution in [3.63, 3.8) is 0 Å². The van der Waals surface area contributed by atoms with Crippen LogP contribution >= 0.6 is 24.0 Å². The molecular formula is C15H31IN4O2. The van der Waals surface area contributed by atoms with Crippen LogP contribution in [0.2, 0.25) is 0 Å². The summed E-state index contributed by atoms with van der Waals surface area (Å²) in [7, 11) is 3.16. The number of ether oxygens (including phenoxy) is 1. The van der Waals surface area contributed by atoms with Crippen LogP contribution in [0.15, 0.2) is 4.99 Å². The number of likely N-dealkylation sites (tertiary alicyclic amines) is 1. The lowest BCUT2D eigenvalue weighted by atomic mass is 10.1. The van der Waals surface area contributed by atoms with Gasteiger partial charge in [0.15, 0.2) is 5.96 Å². The van der Waals surface area contributed by atoms with Crippen LogP contribution in [0.5, 0.6) is 0 Å². The third-order valence-corrected chi connectivity index (χ3v) is 4.10. The Bertz CT molecular complexity index is 377. The van der Waals surface area contributed by atoms with Crippen LogP contribution in [-0.2, 0) is 9.53 Å². The molecule has 1 aliphatic heterocycles. The summed E-state index contributed by atoms with van der Waals surface area (Å²) < 4.78 is 4.72. The summed E-state index contributed by atoms with van der Waals surface area (Å²) in [4.78, 5) is 18.1. The van der Waals surface area contributed by atoms with Crippen molar-refractivity contribution >= 4 is 35.9 Å². The first-order valence-electron chi connectivity index (χ1n) is 7.68. The van der Waals surface area contributed by atoms with E-state index in [0.29, 0.717) is 24.5 Å². The normalized spacial score (nSPS) is 23.9. The van der Waals surface area contributed by atoms with Crippen molar-refractivity contribution in [1.82, 2.24) is 15.5 Å². The first kappa shape index (κ1) is 21.4. The van der Waals surface area contributed by atoms with Gasteiger partial charge in [-0.1, -0.05) is 13.8 Å². The number of halogens is 1. The fourth-order valence-electron chi connectivity index (χ4n) is 2.52. The second-order valence-electron chi connectivity index (χ2n) is 6.15. The van der Waals surface area contributed by atoms with E-state index in [1.807, 2.05) is 6.92 Å². The number of aliphatic imine (C=N–C) groups is 1. The number of rotatable bonds is 5. The molecule has 0 saturated carbocycles. The van der Waals surface area contributed by atoms with Gasteiger partial charge in [0.25, 0.3) is 0 Å². The molecule has 2 N–H and O–H groups in total. The minimum absolute atomic E-state index is 0. The molecule has 0 aromatic heterocycles. The predicted molar refractivity (Wildman–Crippen MR) is 101 cm³/mol. The molecule has 0 bridgehead atoms. The monoisotopic (exact) mass is 426 g/mol. The van der Waals surface area contributed by atoms with Gasteiger partial charge in [-0.3, -0.25) is 14.7 Å². The Hall–Kier alpha value is -0.570. The van der Waals surface area contributed by atoms with Crippen molar-refractivity contribution in [3.8, 4) is 0 Å². The Morgan fingerprint density at radius 1 is 1.36 bits per heavy atom. The second-order valence-corrected chi connectivity index (χ2v) is 6.15. The van der Waals surface area contributed by atoms with Gasteiger partial charge < -0.3 is 15.4 Å². The van der Waals surface area contributed by atoms with Crippen LogP contribution < -0.4 is 10.6 Å². The lowest BCUT2D eigenvalue weighted by Crippen LogP contribution is -2.48. The van der Waals surface area contributed by atoms with Crippen LogP contribution in [0.3, 0.4) is 0 Å². The molecule has 0 spiro atoms. The van der Waals surface area contributed by atoms with Crippen molar-refractivity contribution in [3.05, 3.63) is 0 Å². The number of nitrogens with one attached hydrogen (secondary N) is 2. The average Bonchev–Trinajstić information content (AvgIpc) is 2.83. The number of carbonyl (C=O) groups is 1. The van der Waals surface area contributed by atoms with Gasteiger partial charge in [0.05, 0.1) is 13.0 Å². The molecular weight excluding hydrogens is 395 g/mol. The van der Waals surface area contributed by atoms with Gasteiger partial charge in [-0.05, 0) is 19.8 Å². The molecule has 22 heavy (non-hydrogen) atoms. The van der Waals surface area contributed by atoms with E-state index in [2.05, 4.69) is 41.3 Å². The Morgan fingerprint density at radius 3 is 2.45 bits per heavy atom. The number of hydrogen-bond acceptors (Lipinski definition) is 4. The van der Waals surface area contributed by atoms with Crippen LogP contribution in [0, 0.1) is 11.8 Å². The highest BCUT2D eigenvalue weighted by molar-refractivity contribution is 14.0. The molecule has 1 rings (SSSR count). The van der Waals surface area contributed by atoms with E-state index in [1.165, 1.54) is 7.11 Å². The van der Waals surface area contributed by atoms with E-state index >= 15 is 0 Å². The van der Waals surface area contributed by atoms with Crippen LogP contribution in [0.25, 0.3) is 0 Å². The highest BCUT2D eigenvalue weighted by atomic mass is 127. The minimum atomic E-state index is -0.210. The van der Waals surface area contributed by atoms with Gasteiger partial charge in [-0.2, -0.15) is 0 Å². The molecule has 3 atom stereocenters. The molecule has 0 radical (unpaired) electrons. The average molecular weight is 426 g/mol. The van der Waals surface area contributed by atoms with Crippen molar-refractivity contribution in [2.24, 2.45) is 16.8 Å². The fraction of sp³-hybridized carbons (Fsp3) is 0.867. The van der Waals surface area contributed by atoms with E-state index in [9.17, 15) is 4.79 Å². The van der Waals surface area contributed by atoms with Crippen LogP contribution in [0.4, 0.5) is 0 Å². The van der Waals surface area contributed by atoms with Crippen LogP contribution in [-0.4, -0.2) is 62.7 Å². The lowest BCUT2D eigenvalue weighted by Gasteiger charge is -2.22. The van der Waals surface area contributed by atoms with Crippen molar-refractivity contribution in [2.45, 2.75) is 39.8 Å². The largest absolute Gasteiger partial charge is 0.469 e. The highest BCUT2D eigenvalue weighted by Crippen LogP contribution is 2.18. The quantitative estimate of drug-likeness (QED) is 0.301. The van der Waals surface area contributed by atoms with Gasteiger partial charge in [0, 0.05) is 38.8 Å². The molecule has 0 aromatic carbocycles. The number of nitrogens with zero attached hydrogens (tertiary/aromatic N) is 2. The standard InChI is InChI=1S/C15H30N4O2.HI/c1-10(2)19-8-12(4)13(9-19)18-15(16-5)17-7-11(3)14(20)21-6;/h10-13H,7-9H2,1-6H3,(H2,16,17,18);1H. The van der Waals surface area contributed by atoms with Gasteiger partial charge in [0.1, 0.15) is 0 Å². The van der Waals surface area contributed by atoms with Crippen molar-refractivity contribution in [1.29, 1.82) is 0 Å². The first-order chi connectivity index (χ1) is 9.88. The van der Waals surface area contributed by atoms with E-state index in [0.717, 1.165) is 19.0 Å². The predicted octanol–water partition coefficient (Wildman–Crippen LogP) is 1.31. The molecule has 130 valence electrons. The maximum atomic E-state index is 11.4. The van der Waals surface area contributed by atoms with Gasteiger partial charge in [-0.15, -0.1) is 24.0 Å². The minimum Gasteiger partial charge on any atom is -0.469 e. The molecule has 0 aliphatic carbocycles. The Morgan fingerprint density at radius 2 is 2.00 bits per heavy atom. The summed E-state index contributed by atoms with van der Waals surface area (Å²) in [6.45, 7) is 11.2. The van der Waals surface area contributed by atoms with E-state index < -0.39 is 0 Å². The van der Waals surface area contributed by atoms with Crippen LogP contribution in [0.1, 0.15) is 27.7 Å². The second kappa shape index (κ2) is 10.3.